The number of carboxylic acid groups (broad SMARTS) is 1. The average molecular weight is 477 g/mol. The molecule has 0 aromatic heterocycles. The Morgan fingerprint density at radius 1 is 1.06 bits per heavy atom. The Morgan fingerprint density at radius 3 is 2.37 bits per heavy atom. The van der Waals surface area contributed by atoms with E-state index in [1.807, 2.05) is 24.3 Å². The van der Waals surface area contributed by atoms with Crippen molar-refractivity contribution in [2.45, 2.75) is 62.9 Å². The molecule has 5 rings (SSSR count). The Balaban J connectivity index is 1.13. The number of benzene rings is 2. The first kappa shape index (κ1) is 23.4. The highest BCUT2D eigenvalue weighted by atomic mass is 16.5. The minimum absolute atomic E-state index is 0.0195. The molecule has 2 aliphatic carbocycles. The van der Waals surface area contributed by atoms with E-state index in [2.05, 4.69) is 29.6 Å². The predicted octanol–water partition coefficient (Wildman–Crippen LogP) is 4.55. The van der Waals surface area contributed by atoms with Crippen molar-refractivity contribution in [1.82, 2.24) is 10.2 Å². The molecule has 2 amide bonds. The number of hydrogen-bond acceptors (Lipinski definition) is 4. The summed E-state index contributed by atoms with van der Waals surface area (Å²) in [6, 6.07) is 16.4. The highest BCUT2D eigenvalue weighted by Crippen LogP contribution is 2.44. The fourth-order valence-corrected chi connectivity index (χ4v) is 6.14. The average Bonchev–Trinajstić information content (AvgIpc) is 3.54. The van der Waals surface area contributed by atoms with E-state index in [4.69, 9.17) is 4.74 Å². The quantitative estimate of drug-likeness (QED) is 0.638. The lowest BCUT2D eigenvalue weighted by Gasteiger charge is -2.32. The molecular weight excluding hydrogens is 444 g/mol. The van der Waals surface area contributed by atoms with Crippen molar-refractivity contribution >= 4 is 18.0 Å². The van der Waals surface area contributed by atoms with E-state index in [9.17, 15) is 19.5 Å². The first-order valence-corrected chi connectivity index (χ1v) is 12.5. The molecule has 0 unspecified atom stereocenters. The lowest BCUT2D eigenvalue weighted by molar-refractivity contribution is -0.155. The Hall–Kier alpha value is -3.35. The second kappa shape index (κ2) is 9.36. The monoisotopic (exact) mass is 476 g/mol. The number of hydrogen-bond donors (Lipinski definition) is 2. The van der Waals surface area contributed by atoms with Gasteiger partial charge in [0.25, 0.3) is 0 Å². The molecule has 3 aliphatic rings. The molecule has 1 heterocycles. The van der Waals surface area contributed by atoms with Crippen molar-refractivity contribution in [2.24, 2.45) is 5.92 Å². The van der Waals surface area contributed by atoms with Crippen LogP contribution >= 0.6 is 0 Å². The maximum absolute atomic E-state index is 12.9. The minimum atomic E-state index is -1.10. The Labute approximate surface area is 205 Å². The number of rotatable bonds is 6. The van der Waals surface area contributed by atoms with Crippen LogP contribution in [0, 0.1) is 5.92 Å². The Bertz CT molecular complexity index is 1100. The van der Waals surface area contributed by atoms with Crippen molar-refractivity contribution in [3.05, 3.63) is 59.7 Å². The summed E-state index contributed by atoms with van der Waals surface area (Å²) in [6.45, 7) is 2.41. The number of carboxylic acids is 1. The summed E-state index contributed by atoms with van der Waals surface area (Å²) in [5, 5.41) is 12.6. The largest absolute Gasteiger partial charge is 0.480 e. The maximum Gasteiger partial charge on any atom is 0.407 e. The number of carbonyl (C=O) groups excluding carboxylic acids is 2. The molecule has 2 N–H and O–H groups in total. The number of fused-ring (bicyclic) bond motifs is 3. The van der Waals surface area contributed by atoms with Crippen LogP contribution in [-0.4, -0.2) is 52.7 Å². The molecular formula is C28H32N2O5. The van der Waals surface area contributed by atoms with E-state index >= 15 is 0 Å². The Kier molecular flexibility index (Phi) is 6.26. The van der Waals surface area contributed by atoms with Gasteiger partial charge in [-0.05, 0) is 67.2 Å². The van der Waals surface area contributed by atoms with Crippen molar-refractivity contribution in [3.63, 3.8) is 0 Å². The summed E-state index contributed by atoms with van der Waals surface area (Å²) in [5.41, 5.74) is 3.64. The van der Waals surface area contributed by atoms with Crippen LogP contribution in [0.25, 0.3) is 11.1 Å². The third kappa shape index (κ3) is 4.40. The van der Waals surface area contributed by atoms with E-state index in [1.165, 1.54) is 27.2 Å². The number of nitrogens with one attached hydrogen (secondary N) is 1. The summed E-state index contributed by atoms with van der Waals surface area (Å²) in [7, 11) is 0. The summed E-state index contributed by atoms with van der Waals surface area (Å²) in [6.07, 6.45) is 3.42. The van der Waals surface area contributed by atoms with Gasteiger partial charge < -0.3 is 20.1 Å². The van der Waals surface area contributed by atoms with E-state index in [1.54, 1.807) is 6.92 Å². The van der Waals surface area contributed by atoms with Gasteiger partial charge in [0.15, 0.2) is 0 Å². The summed E-state index contributed by atoms with van der Waals surface area (Å²) in [4.78, 5) is 38.7. The summed E-state index contributed by atoms with van der Waals surface area (Å²) < 4.78 is 5.66. The lowest BCUT2D eigenvalue weighted by atomic mass is 9.97. The van der Waals surface area contributed by atoms with Gasteiger partial charge in [0.05, 0.1) is 0 Å². The first-order valence-electron chi connectivity index (χ1n) is 12.5. The van der Waals surface area contributed by atoms with Gasteiger partial charge in [-0.1, -0.05) is 48.5 Å². The maximum atomic E-state index is 12.9. The van der Waals surface area contributed by atoms with E-state index in [0.29, 0.717) is 32.2 Å². The van der Waals surface area contributed by atoms with Gasteiger partial charge in [-0.25, -0.2) is 9.59 Å². The SMILES string of the molecule is C[C@]1(C(=O)O)CCCN1C(=O)C[C@H]1CC[C@@H](NC(=O)OCC2c3ccccc3-c3ccccc32)C1. The molecule has 0 bridgehead atoms. The van der Waals surface area contributed by atoms with Crippen LogP contribution < -0.4 is 5.32 Å². The third-order valence-electron chi connectivity index (χ3n) is 8.07. The van der Waals surface area contributed by atoms with Crippen LogP contribution in [0.15, 0.2) is 48.5 Å². The van der Waals surface area contributed by atoms with Crippen molar-refractivity contribution < 1.29 is 24.2 Å². The molecule has 2 aromatic rings. The molecule has 184 valence electrons. The highest BCUT2D eigenvalue weighted by Gasteiger charge is 2.46. The van der Waals surface area contributed by atoms with Gasteiger partial charge in [0.2, 0.25) is 5.91 Å². The molecule has 7 heteroatoms. The third-order valence-corrected chi connectivity index (χ3v) is 8.07. The number of aliphatic carboxylic acids is 1. The molecule has 1 aliphatic heterocycles. The van der Waals surface area contributed by atoms with Crippen LogP contribution in [0.2, 0.25) is 0 Å². The number of ether oxygens (including phenoxy) is 1. The second-order valence-corrected chi connectivity index (χ2v) is 10.3. The smallest absolute Gasteiger partial charge is 0.407 e. The number of carbonyl (C=O) groups is 3. The summed E-state index contributed by atoms with van der Waals surface area (Å²) in [5.74, 6) is -0.880. The van der Waals surface area contributed by atoms with Crippen molar-refractivity contribution in [3.8, 4) is 11.1 Å². The number of likely N-dealkylation sites (tertiary alicyclic amines) is 1. The zero-order valence-electron chi connectivity index (χ0n) is 20.0. The zero-order chi connectivity index (χ0) is 24.6. The van der Waals surface area contributed by atoms with Crippen molar-refractivity contribution in [2.75, 3.05) is 13.2 Å². The van der Waals surface area contributed by atoms with Gasteiger partial charge in [-0.15, -0.1) is 0 Å². The summed E-state index contributed by atoms with van der Waals surface area (Å²) >= 11 is 0. The van der Waals surface area contributed by atoms with Gasteiger partial charge >= 0.3 is 12.1 Å². The van der Waals surface area contributed by atoms with E-state index < -0.39 is 17.6 Å². The zero-order valence-corrected chi connectivity index (χ0v) is 20.0. The standard InChI is InChI=1S/C28H32N2O5/c1-28(26(32)33)13-6-14-30(28)25(31)16-18-11-12-19(15-18)29-27(34)35-17-24-22-9-4-2-7-20(22)21-8-3-5-10-23(21)24/h2-5,7-10,18-19,24H,6,11-17H2,1H3,(H,29,34)(H,32,33)/t18-,19+,28+/m0/s1. The fourth-order valence-electron chi connectivity index (χ4n) is 6.14. The molecule has 35 heavy (non-hydrogen) atoms. The molecule has 1 saturated heterocycles. The molecule has 0 spiro atoms. The van der Waals surface area contributed by atoms with Crippen LogP contribution in [0.4, 0.5) is 4.79 Å². The number of amides is 2. The van der Waals surface area contributed by atoms with Gasteiger partial charge in [0, 0.05) is 24.9 Å². The molecule has 2 fully saturated rings. The lowest BCUT2D eigenvalue weighted by Crippen LogP contribution is -2.51. The molecule has 2 aromatic carbocycles. The first-order chi connectivity index (χ1) is 16.9. The molecule has 1 saturated carbocycles. The van der Waals surface area contributed by atoms with Crippen LogP contribution in [-0.2, 0) is 14.3 Å². The van der Waals surface area contributed by atoms with Crippen molar-refractivity contribution in [1.29, 1.82) is 0 Å². The minimum Gasteiger partial charge on any atom is -0.480 e. The topological polar surface area (TPSA) is 95.9 Å². The fraction of sp³-hybridized carbons (Fsp3) is 0.464. The van der Waals surface area contributed by atoms with Gasteiger partial charge in [-0.2, -0.15) is 0 Å². The highest BCUT2D eigenvalue weighted by molar-refractivity contribution is 5.87. The van der Waals surface area contributed by atoms with Crippen LogP contribution in [0.1, 0.15) is 62.5 Å². The molecule has 0 radical (unpaired) electrons. The predicted molar refractivity (Wildman–Crippen MR) is 131 cm³/mol. The van der Waals surface area contributed by atoms with E-state index in [-0.39, 0.29) is 30.4 Å². The number of alkyl carbamates (subject to hydrolysis) is 1. The van der Waals surface area contributed by atoms with Gasteiger partial charge in [0.1, 0.15) is 12.1 Å². The normalized spacial score (nSPS) is 25.2. The number of nitrogens with zero attached hydrogens (tertiary/aromatic N) is 1. The van der Waals surface area contributed by atoms with Gasteiger partial charge in [-0.3, -0.25) is 4.79 Å². The van der Waals surface area contributed by atoms with Crippen LogP contribution in [0.3, 0.4) is 0 Å². The Morgan fingerprint density at radius 2 is 1.71 bits per heavy atom. The molecule has 3 atom stereocenters. The molecule has 7 nitrogen and oxygen atoms in total. The van der Waals surface area contributed by atoms with Crippen LogP contribution in [0.5, 0.6) is 0 Å². The van der Waals surface area contributed by atoms with E-state index in [0.717, 1.165) is 12.8 Å². The second-order valence-electron chi connectivity index (χ2n) is 10.3.